The van der Waals surface area contributed by atoms with Crippen molar-refractivity contribution < 1.29 is 4.79 Å². The first kappa shape index (κ1) is 12.1. The van der Waals surface area contributed by atoms with Gasteiger partial charge in [-0.15, -0.1) is 23.2 Å². The highest BCUT2D eigenvalue weighted by atomic mass is 35.5. The lowest BCUT2D eigenvalue weighted by Gasteiger charge is -2.21. The van der Waals surface area contributed by atoms with Gasteiger partial charge in [-0.2, -0.15) is 0 Å². The van der Waals surface area contributed by atoms with Gasteiger partial charge in [-0.25, -0.2) is 0 Å². The Morgan fingerprint density at radius 3 is 2.07 bits per heavy atom. The molecule has 82 valence electrons. The zero-order valence-electron chi connectivity index (χ0n) is 8.72. The summed E-state index contributed by atoms with van der Waals surface area (Å²) in [6.07, 6.45) is 2.57. The molecule has 2 nitrogen and oxygen atoms in total. The van der Waals surface area contributed by atoms with Gasteiger partial charge in [0.2, 0.25) is 5.91 Å². The quantitative estimate of drug-likeness (QED) is 0.674. The fraction of sp³-hybridized carbons (Fsp3) is 0.900. The summed E-state index contributed by atoms with van der Waals surface area (Å²) in [5, 5.41) is 0. The molecule has 0 bridgehead atoms. The summed E-state index contributed by atoms with van der Waals surface area (Å²) in [6, 6.07) is 0. The molecule has 1 rings (SSSR count). The Labute approximate surface area is 95.5 Å². The molecule has 0 aromatic rings. The number of hydrogen-bond donors (Lipinski definition) is 0. The Kier molecular flexibility index (Phi) is 4.08. The number of halogens is 2. The van der Waals surface area contributed by atoms with E-state index in [0.29, 0.717) is 6.42 Å². The average Bonchev–Trinajstić information content (AvgIpc) is 2.74. The molecule has 0 saturated heterocycles. The van der Waals surface area contributed by atoms with E-state index in [9.17, 15) is 4.79 Å². The summed E-state index contributed by atoms with van der Waals surface area (Å²) in [6.45, 7) is 5.76. The van der Waals surface area contributed by atoms with Gasteiger partial charge in [-0.1, -0.05) is 13.8 Å². The van der Waals surface area contributed by atoms with E-state index in [0.717, 1.165) is 25.9 Å². The maximum absolute atomic E-state index is 11.9. The number of alkyl halides is 2. The Bertz CT molecular complexity index is 212. The van der Waals surface area contributed by atoms with Crippen molar-refractivity contribution in [3.8, 4) is 0 Å². The van der Waals surface area contributed by atoms with Gasteiger partial charge in [-0.3, -0.25) is 4.79 Å². The number of carbonyl (C=O) groups excluding carboxylic acids is 1. The van der Waals surface area contributed by atoms with Gasteiger partial charge >= 0.3 is 0 Å². The van der Waals surface area contributed by atoms with Crippen molar-refractivity contribution in [2.45, 2.75) is 37.4 Å². The molecule has 1 unspecified atom stereocenters. The minimum absolute atomic E-state index is 0.124. The predicted molar refractivity (Wildman–Crippen MR) is 59.7 cm³/mol. The van der Waals surface area contributed by atoms with E-state index in [4.69, 9.17) is 23.2 Å². The van der Waals surface area contributed by atoms with Gasteiger partial charge in [0.1, 0.15) is 4.33 Å². The molecule has 1 aliphatic carbocycles. The van der Waals surface area contributed by atoms with E-state index < -0.39 is 4.33 Å². The number of carbonyl (C=O) groups is 1. The average molecular weight is 238 g/mol. The summed E-state index contributed by atoms with van der Waals surface area (Å²) in [4.78, 5) is 13.7. The van der Waals surface area contributed by atoms with E-state index in [-0.39, 0.29) is 11.8 Å². The standard InChI is InChI=1S/C10H17Cl2NO/c1-3-5-13(6-4-2)9(14)8-7-10(8,11)12/h8H,3-7H2,1-2H3. The molecule has 1 amide bonds. The topological polar surface area (TPSA) is 20.3 Å². The molecule has 1 aliphatic rings. The van der Waals surface area contributed by atoms with E-state index in [1.807, 2.05) is 4.90 Å². The van der Waals surface area contributed by atoms with Crippen LogP contribution in [-0.4, -0.2) is 28.2 Å². The molecule has 0 N–H and O–H groups in total. The van der Waals surface area contributed by atoms with Gasteiger partial charge < -0.3 is 4.90 Å². The van der Waals surface area contributed by atoms with Crippen LogP contribution in [-0.2, 0) is 4.79 Å². The normalized spacial score (nSPS) is 23.3. The molecule has 0 spiro atoms. The van der Waals surface area contributed by atoms with Crippen LogP contribution in [0.15, 0.2) is 0 Å². The van der Waals surface area contributed by atoms with E-state index in [2.05, 4.69) is 13.8 Å². The van der Waals surface area contributed by atoms with E-state index >= 15 is 0 Å². The molecule has 4 heteroatoms. The number of hydrogen-bond acceptors (Lipinski definition) is 1. The van der Waals surface area contributed by atoms with Gasteiger partial charge in [0, 0.05) is 13.1 Å². The van der Waals surface area contributed by atoms with Crippen molar-refractivity contribution in [3.63, 3.8) is 0 Å². The first-order valence-electron chi connectivity index (χ1n) is 5.19. The first-order valence-corrected chi connectivity index (χ1v) is 5.95. The molecule has 0 aliphatic heterocycles. The van der Waals surface area contributed by atoms with Gasteiger partial charge in [0.15, 0.2) is 0 Å². The molecule has 0 aromatic heterocycles. The Morgan fingerprint density at radius 2 is 1.79 bits per heavy atom. The molecule has 0 heterocycles. The summed E-state index contributed by atoms with van der Waals surface area (Å²) in [5.74, 6) is -0.0392. The third-order valence-electron chi connectivity index (χ3n) is 2.42. The van der Waals surface area contributed by atoms with Crippen LogP contribution >= 0.6 is 23.2 Å². The second-order valence-corrected chi connectivity index (χ2v) is 5.39. The van der Waals surface area contributed by atoms with Gasteiger partial charge in [-0.05, 0) is 19.3 Å². The fourth-order valence-electron chi connectivity index (χ4n) is 1.57. The summed E-state index contributed by atoms with van der Waals surface area (Å²) >= 11 is 11.7. The number of amides is 1. The number of nitrogens with zero attached hydrogens (tertiary/aromatic N) is 1. The first-order chi connectivity index (χ1) is 6.53. The SMILES string of the molecule is CCCN(CCC)C(=O)C1CC1(Cl)Cl. The monoisotopic (exact) mass is 237 g/mol. The molecular weight excluding hydrogens is 221 g/mol. The van der Waals surface area contributed by atoms with Crippen LogP contribution in [0.1, 0.15) is 33.1 Å². The highest BCUT2D eigenvalue weighted by Gasteiger charge is 2.57. The third kappa shape index (κ3) is 2.77. The maximum atomic E-state index is 11.9. The lowest BCUT2D eigenvalue weighted by molar-refractivity contribution is -0.132. The highest BCUT2D eigenvalue weighted by Crippen LogP contribution is 2.53. The number of rotatable bonds is 5. The van der Waals surface area contributed by atoms with Crippen molar-refractivity contribution >= 4 is 29.1 Å². The molecular formula is C10H17Cl2NO. The molecule has 1 saturated carbocycles. The second-order valence-electron chi connectivity index (χ2n) is 3.84. The largest absolute Gasteiger partial charge is 0.342 e. The minimum atomic E-state index is -0.781. The fourth-order valence-corrected chi connectivity index (χ4v) is 2.07. The van der Waals surface area contributed by atoms with Crippen LogP contribution in [0.25, 0.3) is 0 Å². The molecule has 1 atom stereocenters. The Balaban J connectivity index is 2.47. The maximum Gasteiger partial charge on any atom is 0.228 e. The highest BCUT2D eigenvalue weighted by molar-refractivity contribution is 6.52. The molecule has 14 heavy (non-hydrogen) atoms. The van der Waals surface area contributed by atoms with Crippen LogP contribution in [0, 0.1) is 5.92 Å². The Morgan fingerprint density at radius 1 is 1.36 bits per heavy atom. The van der Waals surface area contributed by atoms with Crippen LogP contribution in [0.3, 0.4) is 0 Å². The van der Waals surface area contributed by atoms with Crippen molar-refractivity contribution in [1.82, 2.24) is 4.90 Å². The van der Waals surface area contributed by atoms with Crippen molar-refractivity contribution in [2.24, 2.45) is 5.92 Å². The third-order valence-corrected chi connectivity index (χ3v) is 3.26. The lowest BCUT2D eigenvalue weighted by Crippen LogP contribution is -2.34. The van der Waals surface area contributed by atoms with Crippen LogP contribution in [0.5, 0.6) is 0 Å². The van der Waals surface area contributed by atoms with Gasteiger partial charge in [0.25, 0.3) is 0 Å². The predicted octanol–water partition coefficient (Wildman–Crippen LogP) is 2.83. The van der Waals surface area contributed by atoms with Crippen LogP contribution in [0.4, 0.5) is 0 Å². The van der Waals surface area contributed by atoms with Crippen molar-refractivity contribution in [1.29, 1.82) is 0 Å². The molecule has 0 radical (unpaired) electrons. The van der Waals surface area contributed by atoms with E-state index in [1.165, 1.54) is 0 Å². The molecule has 0 aromatic carbocycles. The van der Waals surface area contributed by atoms with Crippen LogP contribution in [0.2, 0.25) is 0 Å². The van der Waals surface area contributed by atoms with Crippen LogP contribution < -0.4 is 0 Å². The smallest absolute Gasteiger partial charge is 0.228 e. The summed E-state index contributed by atoms with van der Waals surface area (Å²) in [5.41, 5.74) is 0. The van der Waals surface area contributed by atoms with Crippen molar-refractivity contribution in [3.05, 3.63) is 0 Å². The zero-order chi connectivity index (χ0) is 10.8. The minimum Gasteiger partial charge on any atom is -0.342 e. The zero-order valence-corrected chi connectivity index (χ0v) is 10.2. The van der Waals surface area contributed by atoms with Crippen molar-refractivity contribution in [2.75, 3.05) is 13.1 Å². The summed E-state index contributed by atoms with van der Waals surface area (Å²) < 4.78 is -0.781. The second kappa shape index (κ2) is 4.71. The Hall–Kier alpha value is 0.0500. The summed E-state index contributed by atoms with van der Waals surface area (Å²) in [7, 11) is 0. The lowest BCUT2D eigenvalue weighted by atomic mass is 10.3. The van der Waals surface area contributed by atoms with Gasteiger partial charge in [0.05, 0.1) is 5.92 Å². The van der Waals surface area contributed by atoms with E-state index in [1.54, 1.807) is 0 Å². The molecule has 1 fully saturated rings.